The number of carbonyl (C=O) groups excluding carboxylic acids is 2. The van der Waals surface area contributed by atoms with Gasteiger partial charge < -0.3 is 10.1 Å². The number of hydrogen-bond donors (Lipinski definition) is 1. The van der Waals surface area contributed by atoms with Gasteiger partial charge in [0.2, 0.25) is 0 Å². The third kappa shape index (κ3) is 4.84. The van der Waals surface area contributed by atoms with Crippen LogP contribution in [0.1, 0.15) is 42.3 Å². The lowest BCUT2D eigenvalue weighted by atomic mass is 9.87. The van der Waals surface area contributed by atoms with E-state index in [1.807, 2.05) is 18.2 Å². The number of hydrogen-bond acceptors (Lipinski definition) is 5. The highest BCUT2D eigenvalue weighted by Gasteiger charge is 2.22. The van der Waals surface area contributed by atoms with Gasteiger partial charge in [-0.05, 0) is 46.9 Å². The quantitative estimate of drug-likeness (QED) is 0.352. The second kappa shape index (κ2) is 7.66. The highest BCUT2D eigenvalue weighted by molar-refractivity contribution is 8.26. The summed E-state index contributed by atoms with van der Waals surface area (Å²) in [5.41, 5.74) is 2.42. The van der Waals surface area contributed by atoms with E-state index >= 15 is 0 Å². The number of esters is 1. The average molecular weight is 398 g/mol. The molecule has 0 aliphatic carbocycles. The minimum absolute atomic E-state index is 0.0249. The van der Waals surface area contributed by atoms with Crippen LogP contribution in [0.15, 0.2) is 53.4 Å². The van der Waals surface area contributed by atoms with Crippen molar-refractivity contribution in [1.82, 2.24) is 5.32 Å². The largest absolute Gasteiger partial charge is 0.423 e. The first-order valence-electron chi connectivity index (χ1n) is 8.40. The summed E-state index contributed by atoms with van der Waals surface area (Å²) in [5.74, 6) is -0.221. The number of thiocarbonyl (C=S) groups is 1. The standard InChI is InChI=1S/C21H19NO3S2/c1-21(2,3)15-9-7-14(8-10-15)19(24)25-16-6-4-5-13(11-16)12-17-18(23)22-20(26)27-17/h4-12H,1-3H3,(H,22,23,26)/b17-12-. The third-order valence-corrected chi connectivity index (χ3v) is 5.16. The molecule has 1 N–H and O–H groups in total. The van der Waals surface area contributed by atoms with Crippen molar-refractivity contribution in [3.63, 3.8) is 0 Å². The van der Waals surface area contributed by atoms with Crippen molar-refractivity contribution in [2.75, 3.05) is 0 Å². The fraction of sp³-hybridized carbons (Fsp3) is 0.190. The van der Waals surface area contributed by atoms with Gasteiger partial charge in [0, 0.05) is 0 Å². The fourth-order valence-electron chi connectivity index (χ4n) is 2.51. The van der Waals surface area contributed by atoms with Crippen LogP contribution in [-0.4, -0.2) is 16.2 Å². The smallest absolute Gasteiger partial charge is 0.343 e. The summed E-state index contributed by atoms with van der Waals surface area (Å²) in [5, 5.41) is 2.57. The lowest BCUT2D eigenvalue weighted by molar-refractivity contribution is -0.115. The van der Waals surface area contributed by atoms with Crippen molar-refractivity contribution in [2.45, 2.75) is 26.2 Å². The summed E-state index contributed by atoms with van der Waals surface area (Å²) < 4.78 is 5.92. The maximum Gasteiger partial charge on any atom is 0.343 e. The first-order chi connectivity index (χ1) is 12.7. The summed E-state index contributed by atoms with van der Waals surface area (Å²) in [4.78, 5) is 24.7. The minimum atomic E-state index is -0.422. The number of amides is 1. The van der Waals surface area contributed by atoms with Crippen molar-refractivity contribution in [2.24, 2.45) is 0 Å². The number of ether oxygens (including phenoxy) is 1. The number of nitrogens with one attached hydrogen (secondary N) is 1. The van der Waals surface area contributed by atoms with Crippen LogP contribution < -0.4 is 10.1 Å². The van der Waals surface area contributed by atoms with Crippen LogP contribution in [0.3, 0.4) is 0 Å². The summed E-state index contributed by atoms with van der Waals surface area (Å²) in [7, 11) is 0. The number of carbonyl (C=O) groups is 2. The van der Waals surface area contributed by atoms with Crippen LogP contribution >= 0.6 is 24.0 Å². The summed E-state index contributed by atoms with van der Waals surface area (Å²) >= 11 is 6.19. The molecule has 1 aliphatic rings. The zero-order valence-electron chi connectivity index (χ0n) is 15.2. The Morgan fingerprint density at radius 2 is 1.85 bits per heavy atom. The van der Waals surface area contributed by atoms with Gasteiger partial charge in [0.15, 0.2) is 0 Å². The second-order valence-electron chi connectivity index (χ2n) is 7.14. The average Bonchev–Trinajstić information content (AvgIpc) is 2.91. The van der Waals surface area contributed by atoms with E-state index in [0.29, 0.717) is 20.5 Å². The molecule has 27 heavy (non-hydrogen) atoms. The molecular formula is C21H19NO3S2. The predicted molar refractivity (Wildman–Crippen MR) is 113 cm³/mol. The molecule has 0 saturated carbocycles. The molecule has 0 radical (unpaired) electrons. The van der Waals surface area contributed by atoms with Crippen LogP contribution in [0, 0.1) is 0 Å². The first-order valence-corrected chi connectivity index (χ1v) is 9.62. The normalized spacial score (nSPS) is 15.7. The van der Waals surface area contributed by atoms with E-state index in [9.17, 15) is 9.59 Å². The Hall–Kier alpha value is -2.44. The number of rotatable bonds is 3. The Bertz CT molecular complexity index is 941. The maximum absolute atomic E-state index is 12.4. The molecule has 0 atom stereocenters. The highest BCUT2D eigenvalue weighted by atomic mass is 32.2. The zero-order valence-corrected chi connectivity index (χ0v) is 16.9. The minimum Gasteiger partial charge on any atom is -0.423 e. The monoisotopic (exact) mass is 397 g/mol. The van der Waals surface area contributed by atoms with E-state index in [2.05, 4.69) is 26.1 Å². The Morgan fingerprint density at radius 3 is 2.44 bits per heavy atom. The van der Waals surface area contributed by atoms with Crippen molar-refractivity contribution < 1.29 is 14.3 Å². The first kappa shape index (κ1) is 19.3. The molecule has 0 unspecified atom stereocenters. The molecule has 1 fully saturated rings. The molecule has 3 rings (SSSR count). The molecule has 2 aromatic carbocycles. The lowest BCUT2D eigenvalue weighted by Crippen LogP contribution is -2.17. The molecule has 0 spiro atoms. The van der Waals surface area contributed by atoms with Crippen molar-refractivity contribution in [1.29, 1.82) is 0 Å². The van der Waals surface area contributed by atoms with Crippen molar-refractivity contribution >= 4 is 46.3 Å². The van der Waals surface area contributed by atoms with Gasteiger partial charge in [-0.15, -0.1) is 0 Å². The van der Waals surface area contributed by atoms with E-state index in [0.717, 1.165) is 11.1 Å². The molecule has 138 valence electrons. The Kier molecular flexibility index (Phi) is 5.48. The Balaban J connectivity index is 1.74. The van der Waals surface area contributed by atoms with Crippen molar-refractivity contribution in [3.05, 3.63) is 70.1 Å². The van der Waals surface area contributed by atoms with Crippen LogP contribution in [0.5, 0.6) is 5.75 Å². The predicted octanol–water partition coefficient (Wildman–Crippen LogP) is 4.69. The van der Waals surface area contributed by atoms with Gasteiger partial charge in [-0.25, -0.2) is 4.79 Å². The summed E-state index contributed by atoms with van der Waals surface area (Å²) in [6.45, 7) is 6.36. The van der Waals surface area contributed by atoms with E-state index in [4.69, 9.17) is 17.0 Å². The van der Waals surface area contributed by atoms with Crippen LogP contribution in [-0.2, 0) is 10.2 Å². The van der Waals surface area contributed by atoms with Gasteiger partial charge in [-0.1, -0.05) is 69.0 Å². The van der Waals surface area contributed by atoms with Gasteiger partial charge in [0.05, 0.1) is 10.5 Å². The molecule has 6 heteroatoms. The SMILES string of the molecule is CC(C)(C)c1ccc(C(=O)Oc2cccc(/C=C3\SC(=S)NC3=O)c2)cc1. The van der Waals surface area contributed by atoms with Gasteiger partial charge in [0.25, 0.3) is 5.91 Å². The zero-order chi connectivity index (χ0) is 19.6. The molecule has 1 heterocycles. The van der Waals surface area contributed by atoms with Crippen LogP contribution in [0.4, 0.5) is 0 Å². The van der Waals surface area contributed by atoms with E-state index in [1.165, 1.54) is 11.8 Å². The van der Waals surface area contributed by atoms with Crippen molar-refractivity contribution in [3.8, 4) is 5.75 Å². The third-order valence-electron chi connectivity index (χ3n) is 4.00. The molecular weight excluding hydrogens is 378 g/mol. The summed E-state index contributed by atoms with van der Waals surface area (Å²) in [6, 6.07) is 14.4. The molecule has 0 bridgehead atoms. The van der Waals surface area contributed by atoms with Gasteiger partial charge in [0.1, 0.15) is 10.1 Å². The molecule has 1 saturated heterocycles. The van der Waals surface area contributed by atoms with Crippen LogP contribution in [0.25, 0.3) is 6.08 Å². The van der Waals surface area contributed by atoms with Gasteiger partial charge in [-0.3, -0.25) is 4.79 Å². The number of thioether (sulfide) groups is 1. The highest BCUT2D eigenvalue weighted by Crippen LogP contribution is 2.27. The fourth-order valence-corrected chi connectivity index (χ4v) is 3.56. The van der Waals surface area contributed by atoms with E-state index in [1.54, 1.807) is 36.4 Å². The Morgan fingerprint density at radius 1 is 1.15 bits per heavy atom. The lowest BCUT2D eigenvalue weighted by Gasteiger charge is -2.18. The molecule has 1 amide bonds. The molecule has 1 aliphatic heterocycles. The van der Waals surface area contributed by atoms with Gasteiger partial charge >= 0.3 is 5.97 Å². The topological polar surface area (TPSA) is 55.4 Å². The molecule has 4 nitrogen and oxygen atoms in total. The summed E-state index contributed by atoms with van der Waals surface area (Å²) in [6.07, 6.45) is 1.72. The Labute approximate surface area is 168 Å². The second-order valence-corrected chi connectivity index (χ2v) is 8.86. The molecule has 2 aromatic rings. The maximum atomic E-state index is 12.4. The van der Waals surface area contributed by atoms with E-state index in [-0.39, 0.29) is 11.3 Å². The van der Waals surface area contributed by atoms with E-state index < -0.39 is 5.97 Å². The number of benzene rings is 2. The van der Waals surface area contributed by atoms with Gasteiger partial charge in [-0.2, -0.15) is 0 Å². The van der Waals surface area contributed by atoms with Crippen LogP contribution in [0.2, 0.25) is 0 Å². The molecule has 0 aromatic heterocycles.